The highest BCUT2D eigenvalue weighted by molar-refractivity contribution is 7.93. The molecule has 0 radical (unpaired) electrons. The Morgan fingerprint density at radius 1 is 1.27 bits per heavy atom. The molecule has 1 N–H and O–H groups in total. The number of nitrogens with zero attached hydrogens (tertiary/aromatic N) is 1. The molecule has 0 saturated heterocycles. The topological polar surface area (TPSA) is 76.1 Å². The van der Waals surface area contributed by atoms with Crippen LogP contribution in [0.4, 0.5) is 5.13 Å². The Kier molecular flexibility index (Phi) is 5.78. The Morgan fingerprint density at radius 3 is 2.32 bits per heavy atom. The van der Waals surface area contributed by atoms with Gasteiger partial charge in [0.25, 0.3) is 0 Å². The van der Waals surface area contributed by atoms with Crippen molar-refractivity contribution in [3.63, 3.8) is 0 Å². The second-order valence-electron chi connectivity index (χ2n) is 6.92. The van der Waals surface area contributed by atoms with Crippen LogP contribution in [0.15, 0.2) is 5.38 Å². The highest BCUT2D eigenvalue weighted by atomic mass is 32.2. The van der Waals surface area contributed by atoms with Gasteiger partial charge in [-0.1, -0.05) is 34.1 Å². The van der Waals surface area contributed by atoms with E-state index in [0.29, 0.717) is 11.6 Å². The third kappa shape index (κ3) is 4.29. The summed E-state index contributed by atoms with van der Waals surface area (Å²) in [4.78, 5) is 16.8. The van der Waals surface area contributed by atoms with Gasteiger partial charge in [-0.15, -0.1) is 11.3 Å². The highest BCUT2D eigenvalue weighted by Crippen LogP contribution is 2.28. The molecule has 0 unspecified atom stereocenters. The minimum Gasteiger partial charge on any atom is -0.301 e. The quantitative estimate of drug-likeness (QED) is 0.857. The Morgan fingerprint density at radius 2 is 1.86 bits per heavy atom. The lowest BCUT2D eigenvalue weighted by molar-refractivity contribution is -0.117. The van der Waals surface area contributed by atoms with Crippen molar-refractivity contribution in [1.82, 2.24) is 4.98 Å². The predicted octanol–water partition coefficient (Wildman–Crippen LogP) is 3.37. The summed E-state index contributed by atoms with van der Waals surface area (Å²) in [6.07, 6.45) is 1.34. The van der Waals surface area contributed by atoms with Crippen LogP contribution in [0, 0.1) is 0 Å². The fourth-order valence-corrected chi connectivity index (χ4v) is 4.10. The molecule has 7 heteroatoms. The Labute approximate surface area is 137 Å². The van der Waals surface area contributed by atoms with E-state index in [2.05, 4.69) is 10.3 Å². The molecule has 0 aliphatic heterocycles. The smallest absolute Gasteiger partial charge is 0.247 e. The number of sulfone groups is 1. The summed E-state index contributed by atoms with van der Waals surface area (Å²) in [6, 6.07) is 0. The molecule has 0 saturated carbocycles. The van der Waals surface area contributed by atoms with Crippen molar-refractivity contribution in [1.29, 1.82) is 0 Å². The average molecular weight is 347 g/mol. The summed E-state index contributed by atoms with van der Waals surface area (Å²) < 4.78 is 23.2. The summed E-state index contributed by atoms with van der Waals surface area (Å²) >= 11 is 1.31. The lowest BCUT2D eigenvalue weighted by Gasteiger charge is -2.23. The highest BCUT2D eigenvalue weighted by Gasteiger charge is 2.41. The van der Waals surface area contributed by atoms with Crippen molar-refractivity contribution < 1.29 is 13.2 Å². The second-order valence-corrected chi connectivity index (χ2v) is 10.4. The van der Waals surface area contributed by atoms with E-state index in [-0.39, 0.29) is 11.2 Å². The number of hydrogen-bond acceptors (Lipinski definition) is 5. The second kappa shape index (κ2) is 6.66. The fraction of sp³-hybridized carbons (Fsp3) is 0.733. The third-order valence-electron chi connectivity index (χ3n) is 3.58. The first kappa shape index (κ1) is 19.1. The van der Waals surface area contributed by atoms with Crippen LogP contribution in [-0.4, -0.2) is 29.8 Å². The Balaban J connectivity index is 2.90. The van der Waals surface area contributed by atoms with Gasteiger partial charge in [-0.25, -0.2) is 13.4 Å². The molecule has 0 atom stereocenters. The number of carbonyl (C=O) groups excluding carboxylic acids is 1. The number of carbonyl (C=O) groups is 1. The summed E-state index contributed by atoms with van der Waals surface area (Å²) in [6.45, 7) is 10.9. The zero-order valence-electron chi connectivity index (χ0n) is 14.2. The number of amides is 1. The van der Waals surface area contributed by atoms with Crippen molar-refractivity contribution in [2.75, 3.05) is 11.1 Å². The van der Waals surface area contributed by atoms with Gasteiger partial charge in [0.1, 0.15) is 4.75 Å². The van der Waals surface area contributed by atoms with Gasteiger partial charge in [0.15, 0.2) is 15.0 Å². The first-order chi connectivity index (χ1) is 9.91. The fourth-order valence-electron chi connectivity index (χ4n) is 1.65. The molecule has 0 aliphatic rings. The van der Waals surface area contributed by atoms with Gasteiger partial charge in [-0.2, -0.15) is 0 Å². The van der Waals surface area contributed by atoms with Crippen LogP contribution in [0.25, 0.3) is 0 Å². The van der Waals surface area contributed by atoms with Crippen molar-refractivity contribution >= 4 is 32.2 Å². The number of rotatable bonds is 6. The zero-order chi connectivity index (χ0) is 17.2. The molecule has 0 fully saturated rings. The van der Waals surface area contributed by atoms with E-state index in [1.165, 1.54) is 25.2 Å². The molecule has 0 spiro atoms. The molecule has 22 heavy (non-hydrogen) atoms. The van der Waals surface area contributed by atoms with Crippen LogP contribution in [0.1, 0.15) is 60.1 Å². The maximum Gasteiger partial charge on any atom is 0.247 e. The van der Waals surface area contributed by atoms with E-state index < -0.39 is 20.5 Å². The molecule has 1 rings (SSSR count). The molecule has 5 nitrogen and oxygen atoms in total. The number of aromatic nitrogens is 1. The van der Waals surface area contributed by atoms with Gasteiger partial charge in [0.2, 0.25) is 5.91 Å². The Hall–Kier alpha value is -0.950. The van der Waals surface area contributed by atoms with Gasteiger partial charge in [0.05, 0.1) is 11.4 Å². The van der Waals surface area contributed by atoms with Crippen molar-refractivity contribution in [3.8, 4) is 0 Å². The molecule has 126 valence electrons. The largest absolute Gasteiger partial charge is 0.301 e. The molecule has 1 heterocycles. The van der Waals surface area contributed by atoms with Gasteiger partial charge in [-0.05, 0) is 20.3 Å². The van der Waals surface area contributed by atoms with Crippen LogP contribution in [0.3, 0.4) is 0 Å². The molecule has 0 aliphatic carbocycles. The molecular formula is C15H26N2O3S2. The minimum atomic E-state index is -3.50. The van der Waals surface area contributed by atoms with Crippen LogP contribution < -0.4 is 5.32 Å². The molecule has 1 amide bonds. The van der Waals surface area contributed by atoms with Crippen molar-refractivity contribution in [3.05, 3.63) is 11.1 Å². The van der Waals surface area contributed by atoms with E-state index in [4.69, 9.17) is 0 Å². The summed E-state index contributed by atoms with van der Waals surface area (Å²) in [5.74, 6) is -0.506. The van der Waals surface area contributed by atoms with Gasteiger partial charge in [-0.3, -0.25) is 4.79 Å². The van der Waals surface area contributed by atoms with E-state index in [1.807, 2.05) is 33.1 Å². The first-order valence-electron chi connectivity index (χ1n) is 7.41. The molecular weight excluding hydrogens is 320 g/mol. The maximum absolute atomic E-state index is 12.4. The number of hydrogen-bond donors (Lipinski definition) is 1. The summed E-state index contributed by atoms with van der Waals surface area (Å²) in [7, 11) is -3.50. The normalized spacial score (nSPS) is 13.2. The number of thiazole rings is 1. The molecule has 0 bridgehead atoms. The Bertz CT molecular complexity index is 625. The van der Waals surface area contributed by atoms with Crippen LogP contribution in [0.5, 0.6) is 0 Å². The number of nitrogens with one attached hydrogen (secondary N) is 1. The van der Waals surface area contributed by atoms with E-state index in [9.17, 15) is 13.2 Å². The standard InChI is InChI=1S/C15H26N2O3S2/c1-7-8-9-22(19,20)15(5,6)12(18)17-13-16-11(10-21-13)14(2,3)4/h10H,7-9H2,1-6H3,(H,16,17,18). The SMILES string of the molecule is CCCCS(=O)(=O)C(C)(C)C(=O)Nc1nc(C(C)(C)C)cs1. The first-order valence-corrected chi connectivity index (χ1v) is 9.94. The summed E-state index contributed by atoms with van der Waals surface area (Å²) in [5.41, 5.74) is 0.766. The van der Waals surface area contributed by atoms with E-state index >= 15 is 0 Å². The maximum atomic E-state index is 12.4. The summed E-state index contributed by atoms with van der Waals surface area (Å²) in [5, 5.41) is 4.97. The van der Waals surface area contributed by atoms with Crippen LogP contribution in [0.2, 0.25) is 0 Å². The van der Waals surface area contributed by atoms with Crippen LogP contribution in [-0.2, 0) is 20.0 Å². The lowest BCUT2D eigenvalue weighted by atomic mass is 9.93. The predicted molar refractivity (Wildman–Crippen MR) is 92.2 cm³/mol. The molecule has 1 aromatic heterocycles. The van der Waals surface area contributed by atoms with Crippen molar-refractivity contribution in [2.45, 2.75) is 64.5 Å². The zero-order valence-corrected chi connectivity index (χ0v) is 15.8. The number of unbranched alkanes of at least 4 members (excludes halogenated alkanes) is 1. The minimum absolute atomic E-state index is 0.0228. The monoisotopic (exact) mass is 346 g/mol. The van der Waals surface area contributed by atoms with Crippen LogP contribution >= 0.6 is 11.3 Å². The average Bonchev–Trinajstić information content (AvgIpc) is 2.84. The van der Waals surface area contributed by atoms with Gasteiger partial charge >= 0.3 is 0 Å². The number of anilines is 1. The van der Waals surface area contributed by atoms with E-state index in [0.717, 1.165) is 12.1 Å². The van der Waals surface area contributed by atoms with Crippen molar-refractivity contribution in [2.24, 2.45) is 0 Å². The van der Waals surface area contributed by atoms with E-state index in [1.54, 1.807) is 0 Å². The van der Waals surface area contributed by atoms with Gasteiger partial charge in [0, 0.05) is 10.8 Å². The molecule has 0 aromatic carbocycles. The lowest BCUT2D eigenvalue weighted by Crippen LogP contribution is -2.45. The van der Waals surface area contributed by atoms with Gasteiger partial charge < -0.3 is 5.32 Å². The third-order valence-corrected chi connectivity index (χ3v) is 6.91. The molecule has 1 aromatic rings.